The average molecular weight is 491 g/mol. The number of aromatic nitrogens is 1. The number of thiazole rings is 1. The van der Waals surface area contributed by atoms with Crippen LogP contribution in [0.15, 0.2) is 75.7 Å². The van der Waals surface area contributed by atoms with Crippen LogP contribution < -0.4 is 19.7 Å². The second-order valence-corrected chi connectivity index (χ2v) is 9.38. The molecule has 164 valence electrons. The maximum atomic E-state index is 12.9. The van der Waals surface area contributed by atoms with E-state index in [0.29, 0.717) is 17.1 Å². The molecule has 32 heavy (non-hydrogen) atoms. The Morgan fingerprint density at radius 3 is 2.50 bits per heavy atom. The molecule has 4 rings (SSSR count). The summed E-state index contributed by atoms with van der Waals surface area (Å²) >= 11 is 7.29. The summed E-state index contributed by atoms with van der Waals surface area (Å²) in [7, 11) is -2.34. The molecule has 2 heterocycles. The normalized spacial score (nSPS) is 14.1. The number of benzene rings is 2. The van der Waals surface area contributed by atoms with Crippen molar-refractivity contribution in [2.45, 2.75) is 4.90 Å². The smallest absolute Gasteiger partial charge is 0.283 e. The zero-order valence-electron chi connectivity index (χ0n) is 16.4. The van der Waals surface area contributed by atoms with E-state index in [-0.39, 0.29) is 20.8 Å². The zero-order chi connectivity index (χ0) is 22.9. The van der Waals surface area contributed by atoms with Crippen LogP contribution >= 0.6 is 22.9 Å². The van der Waals surface area contributed by atoms with E-state index in [4.69, 9.17) is 16.3 Å². The van der Waals surface area contributed by atoms with E-state index < -0.39 is 21.8 Å². The van der Waals surface area contributed by atoms with Gasteiger partial charge in [0.05, 0.1) is 17.7 Å². The van der Waals surface area contributed by atoms with Crippen molar-refractivity contribution in [3.63, 3.8) is 0 Å². The van der Waals surface area contributed by atoms with Crippen LogP contribution in [0.2, 0.25) is 0 Å². The van der Waals surface area contributed by atoms with Crippen molar-refractivity contribution in [1.82, 2.24) is 4.98 Å². The van der Waals surface area contributed by atoms with Crippen molar-refractivity contribution < 1.29 is 22.7 Å². The fourth-order valence-electron chi connectivity index (χ4n) is 2.90. The molecular formula is C20H15ClN4O5S2. The molecule has 3 aromatic rings. The van der Waals surface area contributed by atoms with Gasteiger partial charge in [-0.15, -0.1) is 11.3 Å². The van der Waals surface area contributed by atoms with Crippen LogP contribution in [0.4, 0.5) is 16.5 Å². The Hall–Kier alpha value is -3.41. The van der Waals surface area contributed by atoms with E-state index in [2.05, 4.69) is 15.0 Å². The largest absolute Gasteiger partial charge is 0.497 e. The number of halogens is 1. The summed E-state index contributed by atoms with van der Waals surface area (Å²) in [5.41, 5.74) is 0.569. The summed E-state index contributed by atoms with van der Waals surface area (Å²) in [4.78, 5) is 30.3. The quantitative estimate of drug-likeness (QED) is 0.487. The lowest BCUT2D eigenvalue weighted by atomic mass is 10.2. The van der Waals surface area contributed by atoms with E-state index in [9.17, 15) is 18.0 Å². The number of nitrogens with one attached hydrogen (secondary N) is 2. The van der Waals surface area contributed by atoms with Gasteiger partial charge >= 0.3 is 0 Å². The molecule has 0 radical (unpaired) electrons. The lowest BCUT2D eigenvalue weighted by molar-refractivity contribution is -0.120. The van der Waals surface area contributed by atoms with Gasteiger partial charge < -0.3 is 10.1 Å². The molecule has 0 saturated heterocycles. The van der Waals surface area contributed by atoms with E-state index in [1.165, 1.54) is 43.6 Å². The first-order valence-electron chi connectivity index (χ1n) is 9.02. The van der Waals surface area contributed by atoms with Gasteiger partial charge in [-0.3, -0.25) is 14.3 Å². The Kier molecular flexibility index (Phi) is 5.87. The molecule has 0 saturated carbocycles. The molecule has 9 nitrogen and oxygen atoms in total. The number of carbonyl (C=O) groups is 2. The number of sulfonamides is 1. The SMILES string of the molecule is COc1cccc(N2C(=O)C(Cl)=C(Nc3ccc(S(=O)(=O)Nc4nccs4)cc3)C2=O)c1. The highest BCUT2D eigenvalue weighted by Crippen LogP contribution is 2.32. The Bertz CT molecular complexity index is 1320. The number of methoxy groups -OCH3 is 1. The first-order chi connectivity index (χ1) is 15.3. The highest BCUT2D eigenvalue weighted by atomic mass is 35.5. The van der Waals surface area contributed by atoms with Crippen molar-refractivity contribution in [1.29, 1.82) is 0 Å². The molecule has 2 amide bonds. The van der Waals surface area contributed by atoms with Gasteiger partial charge in [-0.25, -0.2) is 18.3 Å². The van der Waals surface area contributed by atoms with Gasteiger partial charge in [-0.2, -0.15) is 0 Å². The van der Waals surface area contributed by atoms with Crippen molar-refractivity contribution in [3.05, 3.63) is 70.8 Å². The standard InChI is InChI=1S/C20H15ClN4O5S2/c1-30-14-4-2-3-13(11-14)25-18(26)16(21)17(19(25)27)23-12-5-7-15(8-6-12)32(28,29)24-20-22-9-10-31-20/h2-11,23H,1H3,(H,22,24). The number of imide groups is 1. The third kappa shape index (κ3) is 4.17. The van der Waals surface area contributed by atoms with E-state index in [0.717, 1.165) is 16.2 Å². The number of nitrogens with zero attached hydrogens (tertiary/aromatic N) is 2. The summed E-state index contributed by atoms with van der Waals surface area (Å²) in [5.74, 6) is -0.849. The third-order valence-electron chi connectivity index (χ3n) is 4.43. The van der Waals surface area contributed by atoms with Crippen molar-refractivity contribution >= 4 is 61.3 Å². The van der Waals surface area contributed by atoms with Crippen LogP contribution in [-0.2, 0) is 19.6 Å². The summed E-state index contributed by atoms with van der Waals surface area (Å²) in [6, 6.07) is 12.1. The second-order valence-electron chi connectivity index (χ2n) is 6.43. The minimum absolute atomic E-state index is 0.00478. The molecule has 1 aliphatic heterocycles. The maximum absolute atomic E-state index is 12.9. The molecular weight excluding hydrogens is 476 g/mol. The first kappa shape index (κ1) is 21.8. The van der Waals surface area contributed by atoms with Gasteiger partial charge in [-0.1, -0.05) is 17.7 Å². The Labute approximate surface area is 192 Å². The number of rotatable bonds is 7. The Balaban J connectivity index is 1.53. The molecule has 0 atom stereocenters. The Morgan fingerprint density at radius 2 is 1.84 bits per heavy atom. The number of carbonyl (C=O) groups excluding carboxylic acids is 2. The summed E-state index contributed by atoms with van der Waals surface area (Å²) in [6.45, 7) is 0. The van der Waals surface area contributed by atoms with Gasteiger partial charge in [0.15, 0.2) is 5.13 Å². The predicted octanol–water partition coefficient (Wildman–Crippen LogP) is 3.39. The molecule has 2 N–H and O–H groups in total. The lowest BCUT2D eigenvalue weighted by Gasteiger charge is -2.16. The van der Waals surface area contributed by atoms with Crippen LogP contribution in [0, 0.1) is 0 Å². The minimum Gasteiger partial charge on any atom is -0.497 e. The molecule has 0 unspecified atom stereocenters. The highest BCUT2D eigenvalue weighted by Gasteiger charge is 2.39. The highest BCUT2D eigenvalue weighted by molar-refractivity contribution is 7.93. The fourth-order valence-corrected chi connectivity index (χ4v) is 4.91. The predicted molar refractivity (Wildman–Crippen MR) is 121 cm³/mol. The number of anilines is 3. The summed E-state index contributed by atoms with van der Waals surface area (Å²) in [5, 5.41) is 4.42. The fraction of sp³-hybridized carbons (Fsp3) is 0.0500. The molecule has 0 bridgehead atoms. The summed E-state index contributed by atoms with van der Waals surface area (Å²) < 4.78 is 32.4. The maximum Gasteiger partial charge on any atom is 0.283 e. The van der Waals surface area contributed by atoms with Gasteiger partial charge in [0, 0.05) is 23.3 Å². The van der Waals surface area contributed by atoms with Crippen LogP contribution in [0.3, 0.4) is 0 Å². The number of hydrogen-bond acceptors (Lipinski definition) is 8. The van der Waals surface area contributed by atoms with Crippen LogP contribution in [0.1, 0.15) is 0 Å². The van der Waals surface area contributed by atoms with Crippen molar-refractivity contribution in [2.75, 3.05) is 22.0 Å². The number of ether oxygens (including phenoxy) is 1. The topological polar surface area (TPSA) is 118 Å². The van der Waals surface area contributed by atoms with Crippen LogP contribution in [-0.4, -0.2) is 32.3 Å². The molecule has 0 fully saturated rings. The molecule has 12 heteroatoms. The van der Waals surface area contributed by atoms with Crippen molar-refractivity contribution in [2.24, 2.45) is 0 Å². The molecule has 0 spiro atoms. The minimum atomic E-state index is -3.82. The molecule has 0 aliphatic carbocycles. The van der Waals surface area contributed by atoms with E-state index in [1.54, 1.807) is 23.6 Å². The van der Waals surface area contributed by atoms with Crippen LogP contribution in [0.5, 0.6) is 5.75 Å². The summed E-state index contributed by atoms with van der Waals surface area (Å²) in [6.07, 6.45) is 1.49. The van der Waals surface area contributed by atoms with Gasteiger partial charge in [0.2, 0.25) is 0 Å². The molecule has 1 aliphatic rings. The van der Waals surface area contributed by atoms with Gasteiger partial charge in [-0.05, 0) is 36.4 Å². The van der Waals surface area contributed by atoms with E-state index in [1.807, 2.05) is 0 Å². The van der Waals surface area contributed by atoms with E-state index >= 15 is 0 Å². The van der Waals surface area contributed by atoms with Gasteiger partial charge in [0.1, 0.15) is 16.5 Å². The third-order valence-corrected chi connectivity index (χ3v) is 6.95. The average Bonchev–Trinajstić information content (AvgIpc) is 3.36. The second kappa shape index (κ2) is 8.61. The first-order valence-corrected chi connectivity index (χ1v) is 11.8. The van der Waals surface area contributed by atoms with Crippen LogP contribution in [0.25, 0.3) is 0 Å². The molecule has 1 aromatic heterocycles. The number of amides is 2. The zero-order valence-corrected chi connectivity index (χ0v) is 18.8. The van der Waals surface area contributed by atoms with Crippen molar-refractivity contribution in [3.8, 4) is 5.75 Å². The molecule has 2 aromatic carbocycles. The lowest BCUT2D eigenvalue weighted by Crippen LogP contribution is -2.32. The Morgan fingerprint density at radius 1 is 1.09 bits per heavy atom. The monoisotopic (exact) mass is 490 g/mol. The number of hydrogen-bond donors (Lipinski definition) is 2. The van der Waals surface area contributed by atoms with Gasteiger partial charge in [0.25, 0.3) is 21.8 Å².